The maximum atomic E-state index is 12.4. The maximum absolute atomic E-state index is 12.4. The summed E-state index contributed by atoms with van der Waals surface area (Å²) in [6, 6.07) is 5.93. The summed E-state index contributed by atoms with van der Waals surface area (Å²) in [5, 5.41) is 3.36. The van der Waals surface area contributed by atoms with Gasteiger partial charge in [0.1, 0.15) is 0 Å². The molecule has 1 aromatic rings. The number of aryl methyl sites for hydroxylation is 1. The van der Waals surface area contributed by atoms with Crippen LogP contribution in [0.3, 0.4) is 0 Å². The van der Waals surface area contributed by atoms with Gasteiger partial charge >= 0.3 is 6.18 Å². The second-order valence-corrected chi connectivity index (χ2v) is 5.40. The lowest BCUT2D eigenvalue weighted by molar-refractivity contribution is -0.137. The van der Waals surface area contributed by atoms with Crippen LogP contribution in [0.1, 0.15) is 38.3 Å². The molecule has 1 rings (SSSR count). The smallest absolute Gasteiger partial charge is 0.314 e. The van der Waals surface area contributed by atoms with E-state index in [1.807, 2.05) is 0 Å². The third kappa shape index (κ3) is 6.10. The first-order valence-corrected chi connectivity index (χ1v) is 6.68. The Kier molecular flexibility index (Phi) is 5.85. The highest BCUT2D eigenvalue weighted by molar-refractivity contribution is 5.24. The van der Waals surface area contributed by atoms with Gasteiger partial charge in [-0.3, -0.25) is 0 Å². The summed E-state index contributed by atoms with van der Waals surface area (Å²) >= 11 is 0. The fourth-order valence-corrected chi connectivity index (χ4v) is 1.81. The minimum absolute atomic E-state index is 0.466. The summed E-state index contributed by atoms with van der Waals surface area (Å²) in [5.74, 6) is 0.518. The van der Waals surface area contributed by atoms with E-state index in [0.29, 0.717) is 12.0 Å². The van der Waals surface area contributed by atoms with Crippen molar-refractivity contribution in [3.05, 3.63) is 35.4 Å². The summed E-state index contributed by atoms with van der Waals surface area (Å²) in [4.78, 5) is 0. The predicted molar refractivity (Wildman–Crippen MR) is 72.1 cm³/mol. The van der Waals surface area contributed by atoms with Crippen LogP contribution in [-0.2, 0) is 12.6 Å². The summed E-state index contributed by atoms with van der Waals surface area (Å²) in [6.07, 6.45) is -2.45. The summed E-state index contributed by atoms with van der Waals surface area (Å²) < 4.78 is 37.2. The van der Waals surface area contributed by atoms with E-state index >= 15 is 0 Å². The Hall–Kier alpha value is -1.03. The minimum atomic E-state index is -4.24. The molecule has 0 amide bonds. The molecule has 19 heavy (non-hydrogen) atoms. The van der Waals surface area contributed by atoms with Gasteiger partial charge in [0.25, 0.3) is 0 Å². The minimum Gasteiger partial charge on any atom is -0.314 e. The maximum Gasteiger partial charge on any atom is 0.416 e. The van der Waals surface area contributed by atoms with Gasteiger partial charge in [-0.05, 0) is 43.0 Å². The molecule has 0 saturated carbocycles. The molecule has 0 radical (unpaired) electrons. The summed E-state index contributed by atoms with van der Waals surface area (Å²) in [6.45, 7) is 7.29. The quantitative estimate of drug-likeness (QED) is 0.816. The largest absolute Gasteiger partial charge is 0.416 e. The molecule has 1 atom stereocenters. The number of benzene rings is 1. The second kappa shape index (κ2) is 6.94. The van der Waals surface area contributed by atoms with E-state index in [9.17, 15) is 13.2 Å². The van der Waals surface area contributed by atoms with Crippen LogP contribution in [0.2, 0.25) is 0 Å². The van der Waals surface area contributed by atoms with Crippen LogP contribution in [0.4, 0.5) is 13.2 Å². The van der Waals surface area contributed by atoms with Crippen LogP contribution in [-0.4, -0.2) is 12.6 Å². The lowest BCUT2D eigenvalue weighted by Gasteiger charge is -2.15. The lowest BCUT2D eigenvalue weighted by atomic mass is 10.00. The van der Waals surface area contributed by atoms with Crippen molar-refractivity contribution in [1.29, 1.82) is 0 Å². The molecule has 0 aliphatic carbocycles. The Morgan fingerprint density at radius 1 is 1.05 bits per heavy atom. The zero-order valence-corrected chi connectivity index (χ0v) is 11.7. The highest BCUT2D eigenvalue weighted by Crippen LogP contribution is 2.29. The van der Waals surface area contributed by atoms with E-state index in [1.54, 1.807) is 12.1 Å². The van der Waals surface area contributed by atoms with Crippen molar-refractivity contribution in [2.24, 2.45) is 5.92 Å². The molecule has 1 unspecified atom stereocenters. The number of alkyl halides is 3. The third-order valence-corrected chi connectivity index (χ3v) is 3.08. The van der Waals surface area contributed by atoms with Crippen molar-refractivity contribution in [2.45, 2.75) is 45.8 Å². The van der Waals surface area contributed by atoms with Crippen LogP contribution in [0.15, 0.2) is 24.3 Å². The highest BCUT2D eigenvalue weighted by Gasteiger charge is 2.29. The Balaban J connectivity index is 2.42. The van der Waals surface area contributed by atoms with E-state index < -0.39 is 11.7 Å². The number of nitrogens with one attached hydrogen (secondary N) is 1. The highest BCUT2D eigenvalue weighted by atomic mass is 19.4. The SMILES string of the molecule is CC(CCc1ccc(C(F)(F)F)cc1)CNC(C)C. The standard InChI is InChI=1S/C15H22F3N/c1-11(2)19-10-12(3)4-5-13-6-8-14(9-7-13)15(16,17)18/h6-9,11-12,19H,4-5,10H2,1-3H3. The van der Waals surface area contributed by atoms with Gasteiger partial charge < -0.3 is 5.32 Å². The van der Waals surface area contributed by atoms with Crippen molar-refractivity contribution in [1.82, 2.24) is 5.32 Å². The van der Waals surface area contributed by atoms with Crippen molar-refractivity contribution < 1.29 is 13.2 Å². The first kappa shape index (κ1) is 16.0. The molecule has 1 N–H and O–H groups in total. The zero-order chi connectivity index (χ0) is 14.5. The molecule has 0 spiro atoms. The Morgan fingerprint density at radius 3 is 2.11 bits per heavy atom. The fourth-order valence-electron chi connectivity index (χ4n) is 1.81. The van der Waals surface area contributed by atoms with E-state index in [0.717, 1.165) is 37.1 Å². The molecular weight excluding hydrogens is 251 g/mol. The van der Waals surface area contributed by atoms with Gasteiger partial charge in [0, 0.05) is 6.04 Å². The topological polar surface area (TPSA) is 12.0 Å². The van der Waals surface area contributed by atoms with Gasteiger partial charge in [0.2, 0.25) is 0 Å². The van der Waals surface area contributed by atoms with Gasteiger partial charge in [-0.25, -0.2) is 0 Å². The van der Waals surface area contributed by atoms with Crippen LogP contribution < -0.4 is 5.32 Å². The van der Waals surface area contributed by atoms with E-state index in [-0.39, 0.29) is 0 Å². The van der Waals surface area contributed by atoms with Crippen LogP contribution in [0.25, 0.3) is 0 Å². The molecule has 0 heterocycles. The van der Waals surface area contributed by atoms with Crippen molar-refractivity contribution in [3.8, 4) is 0 Å². The molecule has 0 bridgehead atoms. The zero-order valence-electron chi connectivity index (χ0n) is 11.7. The monoisotopic (exact) mass is 273 g/mol. The normalized spacial score (nSPS) is 13.8. The van der Waals surface area contributed by atoms with Crippen molar-refractivity contribution >= 4 is 0 Å². The van der Waals surface area contributed by atoms with E-state index in [2.05, 4.69) is 26.1 Å². The lowest BCUT2D eigenvalue weighted by Crippen LogP contribution is -2.28. The average Bonchev–Trinajstić information content (AvgIpc) is 2.33. The molecule has 0 saturated heterocycles. The van der Waals surface area contributed by atoms with Gasteiger partial charge in [-0.1, -0.05) is 32.9 Å². The Morgan fingerprint density at radius 2 is 1.63 bits per heavy atom. The van der Waals surface area contributed by atoms with E-state index in [4.69, 9.17) is 0 Å². The summed E-state index contributed by atoms with van der Waals surface area (Å²) in [5.41, 5.74) is 0.384. The Bertz CT molecular complexity index is 368. The molecule has 108 valence electrons. The van der Waals surface area contributed by atoms with Gasteiger partial charge in [0.05, 0.1) is 5.56 Å². The van der Waals surface area contributed by atoms with Gasteiger partial charge in [-0.15, -0.1) is 0 Å². The fraction of sp³-hybridized carbons (Fsp3) is 0.600. The van der Waals surface area contributed by atoms with Crippen molar-refractivity contribution in [3.63, 3.8) is 0 Å². The third-order valence-electron chi connectivity index (χ3n) is 3.08. The predicted octanol–water partition coefficient (Wildman–Crippen LogP) is 4.27. The van der Waals surface area contributed by atoms with Crippen LogP contribution in [0, 0.1) is 5.92 Å². The van der Waals surface area contributed by atoms with Crippen LogP contribution >= 0.6 is 0 Å². The number of hydrogen-bond acceptors (Lipinski definition) is 1. The molecular formula is C15H22F3N. The average molecular weight is 273 g/mol. The van der Waals surface area contributed by atoms with Crippen molar-refractivity contribution in [2.75, 3.05) is 6.54 Å². The molecule has 0 aliphatic heterocycles. The van der Waals surface area contributed by atoms with Crippen LogP contribution in [0.5, 0.6) is 0 Å². The Labute approximate surface area is 113 Å². The molecule has 1 aromatic carbocycles. The molecule has 0 fully saturated rings. The molecule has 0 aromatic heterocycles. The van der Waals surface area contributed by atoms with E-state index in [1.165, 1.54) is 0 Å². The molecule has 4 heteroatoms. The number of halogens is 3. The first-order valence-electron chi connectivity index (χ1n) is 6.68. The summed E-state index contributed by atoms with van der Waals surface area (Å²) in [7, 11) is 0. The molecule has 0 aliphatic rings. The van der Waals surface area contributed by atoms with Gasteiger partial charge in [-0.2, -0.15) is 13.2 Å². The number of hydrogen-bond donors (Lipinski definition) is 1. The van der Waals surface area contributed by atoms with Gasteiger partial charge in [0.15, 0.2) is 0 Å². The number of rotatable bonds is 6. The molecule has 1 nitrogen and oxygen atoms in total. The first-order chi connectivity index (χ1) is 8.79. The second-order valence-electron chi connectivity index (χ2n) is 5.40.